The predicted octanol–water partition coefficient (Wildman–Crippen LogP) is 5.29. The van der Waals surface area contributed by atoms with Crippen molar-refractivity contribution in [1.29, 1.82) is 0 Å². The van der Waals surface area contributed by atoms with Crippen LogP contribution in [0.4, 0.5) is 0 Å². The van der Waals surface area contributed by atoms with Gasteiger partial charge in [0.2, 0.25) is 0 Å². The lowest BCUT2D eigenvalue weighted by Crippen LogP contribution is -2.20. The molecule has 0 saturated heterocycles. The van der Waals surface area contributed by atoms with Crippen LogP contribution in [0.15, 0.2) is 36.7 Å². The van der Waals surface area contributed by atoms with E-state index in [1.54, 1.807) is 0 Å². The van der Waals surface area contributed by atoms with Crippen LogP contribution < -0.4 is 5.32 Å². The Bertz CT molecular complexity index is 552. The molecule has 21 heavy (non-hydrogen) atoms. The first kappa shape index (κ1) is 16.4. The fraction of sp³-hybridized carbons (Fsp3) is 0.412. The first-order chi connectivity index (χ1) is 10.2. The Labute approximate surface area is 137 Å². The molecule has 4 heteroatoms. The lowest BCUT2D eigenvalue weighted by molar-refractivity contribution is 0.508. The van der Waals surface area contributed by atoms with E-state index in [1.807, 2.05) is 18.2 Å². The minimum Gasteiger partial charge on any atom is -0.349 e. The smallest absolute Gasteiger partial charge is 0.0499 e. The largest absolute Gasteiger partial charge is 0.349 e. The van der Waals surface area contributed by atoms with Crippen LogP contribution in [0.25, 0.3) is 0 Å². The summed E-state index contributed by atoms with van der Waals surface area (Å²) in [5.41, 5.74) is 2.29. The SMILES string of the molecule is CCCC(NCC)c1ccn(Cc2c(Cl)cccc2Cl)c1. The first-order valence-electron chi connectivity index (χ1n) is 7.47. The number of nitrogens with zero attached hydrogens (tertiary/aromatic N) is 1. The third kappa shape index (κ3) is 4.26. The van der Waals surface area contributed by atoms with E-state index in [1.165, 1.54) is 12.0 Å². The first-order valence-corrected chi connectivity index (χ1v) is 8.23. The molecule has 2 nitrogen and oxygen atoms in total. The normalized spacial score (nSPS) is 12.6. The van der Waals surface area contributed by atoms with Crippen molar-refractivity contribution in [2.45, 2.75) is 39.3 Å². The van der Waals surface area contributed by atoms with Gasteiger partial charge >= 0.3 is 0 Å². The van der Waals surface area contributed by atoms with Crippen molar-refractivity contribution < 1.29 is 0 Å². The second-order valence-electron chi connectivity index (χ2n) is 5.22. The highest BCUT2D eigenvalue weighted by Crippen LogP contribution is 2.26. The van der Waals surface area contributed by atoms with Gasteiger partial charge in [0.05, 0.1) is 0 Å². The molecule has 0 spiro atoms. The van der Waals surface area contributed by atoms with Gasteiger partial charge in [-0.3, -0.25) is 0 Å². The lowest BCUT2D eigenvalue weighted by Gasteiger charge is -2.15. The number of hydrogen-bond donors (Lipinski definition) is 1. The molecule has 0 aliphatic heterocycles. The molecule has 1 atom stereocenters. The van der Waals surface area contributed by atoms with Crippen molar-refractivity contribution in [2.75, 3.05) is 6.54 Å². The van der Waals surface area contributed by atoms with Gasteiger partial charge in [0, 0.05) is 40.6 Å². The highest BCUT2D eigenvalue weighted by atomic mass is 35.5. The number of rotatable bonds is 7. The molecule has 1 aromatic carbocycles. The molecule has 0 radical (unpaired) electrons. The fourth-order valence-corrected chi connectivity index (χ4v) is 3.07. The van der Waals surface area contributed by atoms with Crippen molar-refractivity contribution in [3.8, 4) is 0 Å². The van der Waals surface area contributed by atoms with E-state index in [0.717, 1.165) is 28.6 Å². The van der Waals surface area contributed by atoms with E-state index in [2.05, 4.69) is 42.2 Å². The zero-order chi connectivity index (χ0) is 15.2. The van der Waals surface area contributed by atoms with E-state index in [-0.39, 0.29) is 0 Å². The maximum atomic E-state index is 6.24. The Morgan fingerprint density at radius 2 is 1.86 bits per heavy atom. The van der Waals surface area contributed by atoms with Crippen molar-refractivity contribution in [3.05, 3.63) is 57.8 Å². The molecule has 0 saturated carbocycles. The Hall–Kier alpha value is -0.960. The molecule has 0 bridgehead atoms. The summed E-state index contributed by atoms with van der Waals surface area (Å²) in [5.74, 6) is 0. The van der Waals surface area contributed by atoms with Gasteiger partial charge in [-0.1, -0.05) is 49.5 Å². The van der Waals surface area contributed by atoms with E-state index in [9.17, 15) is 0 Å². The Balaban J connectivity index is 2.16. The highest BCUT2D eigenvalue weighted by Gasteiger charge is 2.12. The van der Waals surface area contributed by atoms with Crippen LogP contribution in [0.5, 0.6) is 0 Å². The Morgan fingerprint density at radius 3 is 2.48 bits per heavy atom. The summed E-state index contributed by atoms with van der Waals surface area (Å²) in [6.45, 7) is 6.03. The second-order valence-corrected chi connectivity index (χ2v) is 6.03. The van der Waals surface area contributed by atoms with Gasteiger partial charge in [-0.25, -0.2) is 0 Å². The molecule has 1 N–H and O–H groups in total. The number of aromatic nitrogens is 1. The van der Waals surface area contributed by atoms with Gasteiger partial charge in [-0.15, -0.1) is 0 Å². The maximum Gasteiger partial charge on any atom is 0.0499 e. The number of hydrogen-bond acceptors (Lipinski definition) is 1. The molecule has 2 rings (SSSR count). The standard InChI is InChI=1S/C17H22Cl2N2/c1-3-6-17(20-4-2)13-9-10-21(11-13)12-14-15(18)7-5-8-16(14)19/h5,7-11,17,20H,3-4,6,12H2,1-2H3. The van der Waals surface area contributed by atoms with Crippen LogP contribution in [-0.4, -0.2) is 11.1 Å². The summed E-state index contributed by atoms with van der Waals surface area (Å²) in [4.78, 5) is 0. The molecule has 0 fully saturated rings. The van der Waals surface area contributed by atoms with Gasteiger partial charge in [-0.2, -0.15) is 0 Å². The van der Waals surface area contributed by atoms with Crippen LogP contribution in [0.1, 0.15) is 43.9 Å². The van der Waals surface area contributed by atoms with Crippen molar-refractivity contribution >= 4 is 23.2 Å². The minimum atomic E-state index is 0.419. The van der Waals surface area contributed by atoms with Crippen LogP contribution in [0.2, 0.25) is 10.0 Å². The summed E-state index contributed by atoms with van der Waals surface area (Å²) in [7, 11) is 0. The molecule has 0 aliphatic carbocycles. The summed E-state index contributed by atoms with van der Waals surface area (Å²) in [6.07, 6.45) is 6.58. The van der Waals surface area contributed by atoms with Gasteiger partial charge < -0.3 is 9.88 Å². The van der Waals surface area contributed by atoms with Crippen LogP contribution in [-0.2, 0) is 6.54 Å². The van der Waals surface area contributed by atoms with Gasteiger partial charge in [0.1, 0.15) is 0 Å². The van der Waals surface area contributed by atoms with Gasteiger partial charge in [0.15, 0.2) is 0 Å². The predicted molar refractivity (Wildman–Crippen MR) is 91.3 cm³/mol. The molecular weight excluding hydrogens is 303 g/mol. The zero-order valence-corrected chi connectivity index (χ0v) is 14.1. The number of halogens is 2. The third-order valence-corrected chi connectivity index (χ3v) is 4.31. The third-order valence-electron chi connectivity index (χ3n) is 3.61. The summed E-state index contributed by atoms with van der Waals surface area (Å²) >= 11 is 12.5. The average Bonchev–Trinajstić information content (AvgIpc) is 2.91. The van der Waals surface area contributed by atoms with E-state index < -0.39 is 0 Å². The summed E-state index contributed by atoms with van der Waals surface area (Å²) < 4.78 is 2.14. The fourth-order valence-electron chi connectivity index (χ4n) is 2.55. The average molecular weight is 325 g/mol. The monoisotopic (exact) mass is 324 g/mol. The Morgan fingerprint density at radius 1 is 1.14 bits per heavy atom. The molecule has 2 aromatic rings. The maximum absolute atomic E-state index is 6.24. The molecular formula is C17H22Cl2N2. The lowest BCUT2D eigenvalue weighted by atomic mass is 10.1. The van der Waals surface area contributed by atoms with Crippen molar-refractivity contribution in [2.24, 2.45) is 0 Å². The minimum absolute atomic E-state index is 0.419. The Kier molecular flexibility index (Phi) is 6.16. The van der Waals surface area contributed by atoms with E-state index >= 15 is 0 Å². The van der Waals surface area contributed by atoms with Gasteiger partial charge in [0.25, 0.3) is 0 Å². The zero-order valence-electron chi connectivity index (χ0n) is 12.6. The molecule has 114 valence electrons. The van der Waals surface area contributed by atoms with Crippen LogP contribution in [0.3, 0.4) is 0 Å². The second kappa shape index (κ2) is 7.88. The van der Waals surface area contributed by atoms with E-state index in [0.29, 0.717) is 12.6 Å². The molecule has 1 heterocycles. The molecule has 1 unspecified atom stereocenters. The molecule has 1 aromatic heterocycles. The van der Waals surface area contributed by atoms with E-state index in [4.69, 9.17) is 23.2 Å². The van der Waals surface area contributed by atoms with Crippen LogP contribution >= 0.6 is 23.2 Å². The quantitative estimate of drug-likeness (QED) is 0.731. The molecule has 0 aliphatic rings. The summed E-state index contributed by atoms with van der Waals surface area (Å²) in [5, 5.41) is 4.97. The van der Waals surface area contributed by atoms with Gasteiger partial charge in [-0.05, 0) is 36.7 Å². The highest BCUT2D eigenvalue weighted by molar-refractivity contribution is 6.35. The van der Waals surface area contributed by atoms with Crippen LogP contribution in [0, 0.1) is 0 Å². The number of benzene rings is 1. The van der Waals surface area contributed by atoms with Crippen molar-refractivity contribution in [1.82, 2.24) is 9.88 Å². The summed E-state index contributed by atoms with van der Waals surface area (Å²) in [6, 6.07) is 8.23. The number of nitrogens with one attached hydrogen (secondary N) is 1. The van der Waals surface area contributed by atoms with Crippen molar-refractivity contribution in [3.63, 3.8) is 0 Å². The topological polar surface area (TPSA) is 17.0 Å². The molecule has 0 amide bonds.